The van der Waals surface area contributed by atoms with Crippen LogP contribution in [0.15, 0.2) is 46.6 Å². The molecule has 6 heteroatoms. The van der Waals surface area contributed by atoms with Gasteiger partial charge in [0.1, 0.15) is 0 Å². The number of carbonyl (C=O) groups excluding carboxylic acids is 2. The van der Waals surface area contributed by atoms with Crippen molar-refractivity contribution >= 4 is 24.2 Å². The number of hydrogen-bond acceptors (Lipinski definition) is 4. The molecule has 0 fully saturated rings. The van der Waals surface area contributed by atoms with Gasteiger partial charge in [0.05, 0.1) is 12.4 Å². The van der Waals surface area contributed by atoms with Crippen molar-refractivity contribution in [3.8, 4) is 0 Å². The number of hydrogen-bond donors (Lipinski definition) is 2. The zero-order valence-electron chi connectivity index (χ0n) is 22.6. The lowest BCUT2D eigenvalue weighted by atomic mass is 10.1. The number of unbranched alkanes of at least 4 members (excludes halogenated alkanes) is 7. The Hall–Kier alpha value is -3.28. The fraction of sp³-hybridized carbons (Fsp3) is 0.500. The highest BCUT2D eigenvalue weighted by Crippen LogP contribution is 2.23. The van der Waals surface area contributed by atoms with Gasteiger partial charge in [-0.05, 0) is 96.9 Å². The molecule has 0 saturated heterocycles. The molecule has 2 amide bonds. The van der Waals surface area contributed by atoms with Gasteiger partial charge in [-0.1, -0.05) is 62.8 Å². The van der Waals surface area contributed by atoms with Crippen molar-refractivity contribution < 1.29 is 9.59 Å². The smallest absolute Gasteiger partial charge is 0.240 e. The summed E-state index contributed by atoms with van der Waals surface area (Å²) in [6.45, 7) is 0. The van der Waals surface area contributed by atoms with Crippen LogP contribution in [0.5, 0.6) is 0 Å². The quantitative estimate of drug-likeness (QED) is 0.169. The average Bonchev–Trinajstić information content (AvgIpc) is 3.58. The summed E-state index contributed by atoms with van der Waals surface area (Å²) < 4.78 is 0. The van der Waals surface area contributed by atoms with Crippen LogP contribution in [-0.4, -0.2) is 24.2 Å². The summed E-state index contributed by atoms with van der Waals surface area (Å²) >= 11 is 0. The Morgan fingerprint density at radius 2 is 0.974 bits per heavy atom. The van der Waals surface area contributed by atoms with E-state index < -0.39 is 0 Å². The summed E-state index contributed by atoms with van der Waals surface area (Å²) in [5.74, 6) is -0.0328. The van der Waals surface area contributed by atoms with Crippen LogP contribution in [0.3, 0.4) is 0 Å². The van der Waals surface area contributed by atoms with Crippen molar-refractivity contribution in [1.29, 1.82) is 0 Å². The summed E-state index contributed by atoms with van der Waals surface area (Å²) in [7, 11) is 0. The first-order valence-electron chi connectivity index (χ1n) is 14.5. The molecular weight excluding hydrogens is 472 g/mol. The Morgan fingerprint density at radius 1 is 0.579 bits per heavy atom. The average molecular weight is 515 g/mol. The zero-order valence-corrected chi connectivity index (χ0v) is 22.6. The van der Waals surface area contributed by atoms with Gasteiger partial charge in [0.25, 0.3) is 0 Å². The van der Waals surface area contributed by atoms with E-state index >= 15 is 0 Å². The minimum atomic E-state index is -0.0164. The number of hydrazone groups is 2. The van der Waals surface area contributed by atoms with Gasteiger partial charge in [-0.3, -0.25) is 9.59 Å². The van der Waals surface area contributed by atoms with Gasteiger partial charge in [0.2, 0.25) is 11.8 Å². The van der Waals surface area contributed by atoms with E-state index in [2.05, 4.69) is 57.5 Å². The maximum absolute atomic E-state index is 12.0. The van der Waals surface area contributed by atoms with Crippen LogP contribution in [0.4, 0.5) is 0 Å². The van der Waals surface area contributed by atoms with E-state index in [1.807, 2.05) is 0 Å². The highest BCUT2D eigenvalue weighted by molar-refractivity contribution is 5.83. The van der Waals surface area contributed by atoms with Gasteiger partial charge in [-0.25, -0.2) is 10.9 Å². The minimum Gasteiger partial charge on any atom is -0.273 e. The van der Waals surface area contributed by atoms with E-state index in [1.54, 1.807) is 12.4 Å². The maximum Gasteiger partial charge on any atom is 0.240 e. The molecule has 0 unspecified atom stereocenters. The molecule has 202 valence electrons. The summed E-state index contributed by atoms with van der Waals surface area (Å²) in [5, 5.41) is 8.23. The van der Waals surface area contributed by atoms with Gasteiger partial charge in [-0.2, -0.15) is 10.2 Å². The molecular formula is C32H42N4O2. The van der Waals surface area contributed by atoms with Crippen LogP contribution in [-0.2, 0) is 35.3 Å². The molecule has 0 radical (unpaired) electrons. The van der Waals surface area contributed by atoms with E-state index in [-0.39, 0.29) is 11.8 Å². The van der Waals surface area contributed by atoms with E-state index in [4.69, 9.17) is 0 Å². The third-order valence-electron chi connectivity index (χ3n) is 7.61. The topological polar surface area (TPSA) is 82.9 Å². The molecule has 0 spiro atoms. The second-order valence-corrected chi connectivity index (χ2v) is 10.7. The van der Waals surface area contributed by atoms with E-state index in [0.29, 0.717) is 12.8 Å². The second kappa shape index (κ2) is 15.2. The molecule has 2 aromatic carbocycles. The van der Waals surface area contributed by atoms with Crippen molar-refractivity contribution in [2.24, 2.45) is 10.2 Å². The molecule has 2 aliphatic carbocycles. The van der Waals surface area contributed by atoms with Crippen molar-refractivity contribution in [1.82, 2.24) is 10.9 Å². The van der Waals surface area contributed by atoms with E-state index in [0.717, 1.165) is 62.5 Å². The zero-order chi connectivity index (χ0) is 26.4. The van der Waals surface area contributed by atoms with Crippen LogP contribution >= 0.6 is 0 Å². The Labute approximate surface area is 227 Å². The van der Waals surface area contributed by atoms with Crippen LogP contribution < -0.4 is 10.9 Å². The number of aryl methyl sites for hydroxylation is 4. The van der Waals surface area contributed by atoms with Crippen molar-refractivity contribution in [2.45, 2.75) is 103 Å². The fourth-order valence-corrected chi connectivity index (χ4v) is 5.45. The molecule has 2 aromatic rings. The number of carbonyl (C=O) groups is 2. The highest BCUT2D eigenvalue weighted by Gasteiger charge is 2.11. The van der Waals surface area contributed by atoms with Crippen molar-refractivity contribution in [3.05, 3.63) is 69.8 Å². The van der Waals surface area contributed by atoms with E-state index in [9.17, 15) is 9.59 Å². The Bertz CT molecular complexity index is 1050. The first kappa shape index (κ1) is 27.7. The van der Waals surface area contributed by atoms with Crippen LogP contribution in [0, 0.1) is 0 Å². The van der Waals surface area contributed by atoms with Crippen LogP contribution in [0.2, 0.25) is 0 Å². The molecule has 6 nitrogen and oxygen atoms in total. The first-order valence-corrected chi connectivity index (χ1v) is 14.5. The normalized spacial score (nSPS) is 14.2. The number of rotatable bonds is 15. The molecule has 38 heavy (non-hydrogen) atoms. The Morgan fingerprint density at radius 3 is 1.42 bits per heavy atom. The third-order valence-corrected chi connectivity index (χ3v) is 7.61. The summed E-state index contributed by atoms with van der Waals surface area (Å²) in [4.78, 5) is 24.0. The lowest BCUT2D eigenvalue weighted by molar-refractivity contribution is -0.122. The molecule has 4 rings (SSSR count). The molecule has 0 atom stereocenters. The molecule has 0 saturated carbocycles. The Kier molecular flexibility index (Phi) is 11.1. The summed E-state index contributed by atoms with van der Waals surface area (Å²) in [6, 6.07) is 12.8. The number of nitrogens with one attached hydrogen (secondary N) is 2. The third kappa shape index (κ3) is 9.23. The van der Waals surface area contributed by atoms with Gasteiger partial charge >= 0.3 is 0 Å². The van der Waals surface area contributed by atoms with E-state index in [1.165, 1.54) is 60.8 Å². The minimum absolute atomic E-state index is 0.0164. The summed E-state index contributed by atoms with van der Waals surface area (Å²) in [6.07, 6.45) is 20.2. The highest BCUT2D eigenvalue weighted by atomic mass is 16.2. The van der Waals surface area contributed by atoms with Crippen molar-refractivity contribution in [3.63, 3.8) is 0 Å². The number of nitrogens with zero attached hydrogens (tertiary/aromatic N) is 2. The monoisotopic (exact) mass is 514 g/mol. The number of fused-ring (bicyclic) bond motifs is 2. The van der Waals surface area contributed by atoms with Crippen LogP contribution in [0.25, 0.3) is 0 Å². The van der Waals surface area contributed by atoms with Gasteiger partial charge in [0, 0.05) is 12.8 Å². The van der Waals surface area contributed by atoms with Crippen LogP contribution in [0.1, 0.15) is 110 Å². The molecule has 0 bridgehead atoms. The second-order valence-electron chi connectivity index (χ2n) is 10.7. The number of amides is 2. The molecule has 2 N–H and O–H groups in total. The molecule has 0 aromatic heterocycles. The Balaban J connectivity index is 0.945. The standard InChI is InChI=1S/C32H42N4O2/c37-31(35-33-23-25-17-19-27-11-9-13-29(27)21-25)15-7-5-3-1-2-4-6-8-16-32(38)36-34-24-26-18-20-28-12-10-14-30(28)22-26/h17-24H,1-16H2,(H,35,37)(H,36,38)/b33-23+,34-24+. The first-order chi connectivity index (χ1) is 18.7. The molecule has 0 aliphatic heterocycles. The van der Waals surface area contributed by atoms with Gasteiger partial charge < -0.3 is 0 Å². The molecule has 0 heterocycles. The molecule has 2 aliphatic rings. The predicted molar refractivity (Wildman–Crippen MR) is 155 cm³/mol. The SMILES string of the molecule is O=C(CCCCCCCCCCC(=O)N/N=C/c1ccc2c(c1)CCC2)N/N=C/c1ccc2c(c1)CCC2. The van der Waals surface area contributed by atoms with Gasteiger partial charge in [0.15, 0.2) is 0 Å². The largest absolute Gasteiger partial charge is 0.273 e. The lowest BCUT2D eigenvalue weighted by Crippen LogP contribution is -2.17. The number of benzene rings is 2. The fourth-order valence-electron chi connectivity index (χ4n) is 5.45. The maximum atomic E-state index is 12.0. The van der Waals surface area contributed by atoms with Gasteiger partial charge in [-0.15, -0.1) is 0 Å². The summed E-state index contributed by atoms with van der Waals surface area (Å²) in [5.41, 5.74) is 13.1. The predicted octanol–water partition coefficient (Wildman–Crippen LogP) is 6.17. The lowest BCUT2D eigenvalue weighted by Gasteiger charge is -2.03. The van der Waals surface area contributed by atoms with Crippen molar-refractivity contribution in [2.75, 3.05) is 0 Å².